The van der Waals surface area contributed by atoms with Gasteiger partial charge in [0.15, 0.2) is 5.69 Å². The molecule has 4 rings (SSSR count). The molecule has 0 saturated carbocycles. The molecule has 7 heteroatoms. The number of carbonyl (C=O) groups excluding carboxylic acids is 1. The molecule has 0 unspecified atom stereocenters. The monoisotopic (exact) mass is 394 g/mol. The summed E-state index contributed by atoms with van der Waals surface area (Å²) in [5.41, 5.74) is 3.54. The summed E-state index contributed by atoms with van der Waals surface area (Å²) in [4.78, 5) is 20.0. The molecular formula is C22H30N6O. The van der Waals surface area contributed by atoms with Crippen molar-refractivity contribution in [3.05, 3.63) is 53.7 Å². The molecule has 4 heterocycles. The van der Waals surface area contributed by atoms with Crippen LogP contribution < -0.4 is 5.32 Å². The Morgan fingerprint density at radius 3 is 2.76 bits per heavy atom. The second-order valence-electron chi connectivity index (χ2n) is 7.85. The SMILES string of the molecule is Cc1ccn2c(CNCCCn3cccn3)c(C(=O)N3CCCCCC3)nc2c1. The summed E-state index contributed by atoms with van der Waals surface area (Å²) < 4.78 is 3.99. The van der Waals surface area contributed by atoms with Crippen LogP contribution in [0.3, 0.4) is 0 Å². The average Bonchev–Trinajstić information content (AvgIpc) is 3.26. The topological polar surface area (TPSA) is 67.5 Å². The fraction of sp³-hybridized carbons (Fsp3) is 0.500. The minimum Gasteiger partial charge on any atom is -0.337 e. The van der Waals surface area contributed by atoms with Gasteiger partial charge in [-0.3, -0.25) is 9.48 Å². The summed E-state index contributed by atoms with van der Waals surface area (Å²) in [5.74, 6) is 0.0709. The van der Waals surface area contributed by atoms with Gasteiger partial charge < -0.3 is 14.6 Å². The Morgan fingerprint density at radius 2 is 2.00 bits per heavy atom. The lowest BCUT2D eigenvalue weighted by Crippen LogP contribution is -2.33. The van der Waals surface area contributed by atoms with Crippen molar-refractivity contribution in [1.29, 1.82) is 0 Å². The first kappa shape index (κ1) is 19.6. The van der Waals surface area contributed by atoms with Crippen LogP contribution in [0, 0.1) is 6.92 Å². The molecule has 3 aromatic heterocycles. The molecule has 0 aromatic carbocycles. The van der Waals surface area contributed by atoms with Gasteiger partial charge in [-0.15, -0.1) is 0 Å². The van der Waals surface area contributed by atoms with E-state index in [1.807, 2.05) is 34.1 Å². The molecule has 1 fully saturated rings. The van der Waals surface area contributed by atoms with Gasteiger partial charge in [0.2, 0.25) is 0 Å². The number of carbonyl (C=O) groups is 1. The summed E-state index contributed by atoms with van der Waals surface area (Å²) >= 11 is 0. The van der Waals surface area contributed by atoms with Gasteiger partial charge in [-0.25, -0.2) is 4.98 Å². The highest BCUT2D eigenvalue weighted by molar-refractivity contribution is 5.94. The van der Waals surface area contributed by atoms with E-state index in [1.165, 1.54) is 12.8 Å². The summed E-state index contributed by atoms with van der Waals surface area (Å²) in [5, 5.41) is 7.73. The Hall–Kier alpha value is -2.67. The zero-order chi connectivity index (χ0) is 20.1. The highest BCUT2D eigenvalue weighted by atomic mass is 16.2. The lowest BCUT2D eigenvalue weighted by Gasteiger charge is -2.20. The number of amides is 1. The number of fused-ring (bicyclic) bond motifs is 1. The van der Waals surface area contributed by atoms with Crippen LogP contribution in [0.15, 0.2) is 36.8 Å². The Balaban J connectivity index is 1.49. The molecule has 0 atom stereocenters. The zero-order valence-electron chi connectivity index (χ0n) is 17.2. The van der Waals surface area contributed by atoms with Crippen LogP contribution in [0.4, 0.5) is 0 Å². The van der Waals surface area contributed by atoms with Crippen molar-refractivity contribution >= 4 is 11.6 Å². The van der Waals surface area contributed by atoms with E-state index in [4.69, 9.17) is 4.98 Å². The molecule has 1 N–H and O–H groups in total. The molecule has 29 heavy (non-hydrogen) atoms. The number of nitrogens with zero attached hydrogens (tertiary/aromatic N) is 5. The fourth-order valence-electron chi connectivity index (χ4n) is 3.97. The van der Waals surface area contributed by atoms with Gasteiger partial charge in [0.05, 0.1) is 5.69 Å². The van der Waals surface area contributed by atoms with Crippen molar-refractivity contribution in [3.63, 3.8) is 0 Å². The van der Waals surface area contributed by atoms with E-state index in [0.717, 1.165) is 62.3 Å². The standard InChI is InChI=1S/C22H30N6O/c1-18-8-15-28-19(17-23-9-6-13-27-14-7-10-24-27)21(25-20(28)16-18)22(29)26-11-4-2-3-5-12-26/h7-8,10,14-16,23H,2-6,9,11-13,17H2,1H3. The lowest BCUT2D eigenvalue weighted by atomic mass is 10.2. The maximum atomic E-state index is 13.3. The van der Waals surface area contributed by atoms with Crippen LogP contribution in [0.25, 0.3) is 5.65 Å². The third-order valence-electron chi connectivity index (χ3n) is 5.57. The second kappa shape index (κ2) is 9.22. The van der Waals surface area contributed by atoms with Crippen molar-refractivity contribution in [3.8, 4) is 0 Å². The molecule has 154 valence electrons. The van der Waals surface area contributed by atoms with Gasteiger partial charge >= 0.3 is 0 Å². The van der Waals surface area contributed by atoms with Gasteiger partial charge in [-0.1, -0.05) is 12.8 Å². The van der Waals surface area contributed by atoms with Crippen LogP contribution >= 0.6 is 0 Å². The minimum absolute atomic E-state index is 0.0709. The Kier molecular flexibility index (Phi) is 6.24. The number of rotatable bonds is 7. The number of hydrogen-bond donors (Lipinski definition) is 1. The molecule has 0 aliphatic carbocycles. The summed E-state index contributed by atoms with van der Waals surface area (Å²) in [6, 6.07) is 6.05. The molecule has 0 radical (unpaired) electrons. The quantitative estimate of drug-likeness (QED) is 0.626. The van der Waals surface area contributed by atoms with Crippen molar-refractivity contribution < 1.29 is 4.79 Å². The summed E-state index contributed by atoms with van der Waals surface area (Å²) in [7, 11) is 0. The van der Waals surface area contributed by atoms with E-state index in [-0.39, 0.29) is 5.91 Å². The molecule has 3 aromatic rings. The van der Waals surface area contributed by atoms with Crippen LogP contribution in [0.1, 0.15) is 53.8 Å². The number of hydrogen-bond acceptors (Lipinski definition) is 4. The predicted octanol–water partition coefficient (Wildman–Crippen LogP) is 3.04. The molecule has 0 bridgehead atoms. The molecular weight excluding hydrogens is 364 g/mol. The van der Waals surface area contributed by atoms with Gasteiger partial charge in [0.25, 0.3) is 5.91 Å². The third kappa shape index (κ3) is 4.67. The molecule has 1 amide bonds. The fourth-order valence-corrected chi connectivity index (χ4v) is 3.97. The predicted molar refractivity (Wildman–Crippen MR) is 113 cm³/mol. The van der Waals surface area contributed by atoms with Crippen LogP contribution in [-0.2, 0) is 13.1 Å². The van der Waals surface area contributed by atoms with Crippen molar-refractivity contribution in [2.75, 3.05) is 19.6 Å². The number of aryl methyl sites for hydroxylation is 2. The number of likely N-dealkylation sites (tertiary alicyclic amines) is 1. The maximum absolute atomic E-state index is 13.3. The van der Waals surface area contributed by atoms with Gasteiger partial charge in [0, 0.05) is 44.8 Å². The Labute approximate surface area is 171 Å². The smallest absolute Gasteiger partial charge is 0.274 e. The normalized spacial score (nSPS) is 15.0. The Bertz CT molecular complexity index is 938. The molecule has 1 saturated heterocycles. The van der Waals surface area contributed by atoms with Gasteiger partial charge in [-0.05, 0) is 56.5 Å². The van der Waals surface area contributed by atoms with Gasteiger partial charge in [-0.2, -0.15) is 5.10 Å². The first-order chi connectivity index (χ1) is 14.2. The van der Waals surface area contributed by atoms with Gasteiger partial charge in [0.1, 0.15) is 5.65 Å². The third-order valence-corrected chi connectivity index (χ3v) is 5.57. The highest BCUT2D eigenvalue weighted by Gasteiger charge is 2.24. The molecule has 7 nitrogen and oxygen atoms in total. The number of aromatic nitrogens is 4. The molecule has 1 aliphatic heterocycles. The Morgan fingerprint density at radius 1 is 1.17 bits per heavy atom. The van der Waals surface area contributed by atoms with Crippen LogP contribution in [0.2, 0.25) is 0 Å². The minimum atomic E-state index is 0.0709. The average molecular weight is 395 g/mol. The lowest BCUT2D eigenvalue weighted by molar-refractivity contribution is 0.0755. The van der Waals surface area contributed by atoms with E-state index in [9.17, 15) is 4.79 Å². The molecule has 0 spiro atoms. The summed E-state index contributed by atoms with van der Waals surface area (Å²) in [6.45, 7) is 6.09. The number of imidazole rings is 1. The maximum Gasteiger partial charge on any atom is 0.274 e. The first-order valence-electron chi connectivity index (χ1n) is 10.7. The largest absolute Gasteiger partial charge is 0.337 e. The number of nitrogens with one attached hydrogen (secondary N) is 1. The van der Waals surface area contributed by atoms with E-state index in [1.54, 1.807) is 6.20 Å². The first-order valence-corrected chi connectivity index (χ1v) is 10.7. The highest BCUT2D eigenvalue weighted by Crippen LogP contribution is 2.19. The van der Waals surface area contributed by atoms with Crippen molar-refractivity contribution in [2.24, 2.45) is 0 Å². The zero-order valence-corrected chi connectivity index (χ0v) is 17.2. The second-order valence-corrected chi connectivity index (χ2v) is 7.85. The van der Waals surface area contributed by atoms with Crippen molar-refractivity contribution in [1.82, 2.24) is 29.4 Å². The van der Waals surface area contributed by atoms with E-state index < -0.39 is 0 Å². The van der Waals surface area contributed by atoms with Crippen LogP contribution in [-0.4, -0.2) is 49.6 Å². The van der Waals surface area contributed by atoms with E-state index >= 15 is 0 Å². The van der Waals surface area contributed by atoms with E-state index in [0.29, 0.717) is 12.2 Å². The van der Waals surface area contributed by atoms with Crippen molar-refractivity contribution in [2.45, 2.75) is 52.1 Å². The number of pyridine rings is 1. The van der Waals surface area contributed by atoms with Crippen LogP contribution in [0.5, 0.6) is 0 Å². The van der Waals surface area contributed by atoms with E-state index in [2.05, 4.69) is 27.8 Å². The summed E-state index contributed by atoms with van der Waals surface area (Å²) in [6.07, 6.45) is 11.4. The molecule has 1 aliphatic rings.